The summed E-state index contributed by atoms with van der Waals surface area (Å²) in [6.45, 7) is 2.29. The smallest absolute Gasteiger partial charge is 0.324 e. The number of aromatic nitrogens is 1. The fourth-order valence-corrected chi connectivity index (χ4v) is 4.73. The highest BCUT2D eigenvalue weighted by atomic mass is 32.1. The van der Waals surface area contributed by atoms with Crippen LogP contribution in [0.25, 0.3) is 11.1 Å². The van der Waals surface area contributed by atoms with E-state index < -0.39 is 0 Å². The van der Waals surface area contributed by atoms with Gasteiger partial charge in [0.25, 0.3) is 0 Å². The molecule has 6 nitrogen and oxygen atoms in total. The molecule has 1 fully saturated rings. The Kier molecular flexibility index (Phi) is 5.50. The van der Waals surface area contributed by atoms with Gasteiger partial charge in [0.2, 0.25) is 5.89 Å². The van der Waals surface area contributed by atoms with Gasteiger partial charge < -0.3 is 4.42 Å². The van der Waals surface area contributed by atoms with Crippen molar-refractivity contribution in [2.75, 3.05) is 6.54 Å². The predicted molar refractivity (Wildman–Crippen MR) is 106 cm³/mol. The van der Waals surface area contributed by atoms with E-state index in [4.69, 9.17) is 4.42 Å². The molecule has 2 aromatic heterocycles. The van der Waals surface area contributed by atoms with Crippen LogP contribution >= 0.6 is 11.3 Å². The van der Waals surface area contributed by atoms with Crippen LogP contribution in [0.15, 0.2) is 40.8 Å². The molecule has 4 rings (SSSR count). The van der Waals surface area contributed by atoms with E-state index in [0.717, 1.165) is 22.5 Å². The van der Waals surface area contributed by atoms with E-state index in [0.29, 0.717) is 24.9 Å². The summed E-state index contributed by atoms with van der Waals surface area (Å²) in [7, 11) is 0. The lowest BCUT2D eigenvalue weighted by atomic mass is 9.89. The van der Waals surface area contributed by atoms with Gasteiger partial charge in [0.1, 0.15) is 5.52 Å². The third-order valence-electron chi connectivity index (χ3n) is 5.15. The molecule has 3 aromatic rings. The number of hydrogen-bond donors (Lipinski definition) is 0. The van der Waals surface area contributed by atoms with Crippen LogP contribution in [0.4, 0.5) is 5.00 Å². The molecule has 0 N–H and O–H groups in total. The highest BCUT2D eigenvalue weighted by molar-refractivity contribution is 7.15. The molecule has 1 saturated carbocycles. The molecule has 0 aliphatic heterocycles. The first-order valence-electron chi connectivity index (χ1n) is 9.47. The summed E-state index contributed by atoms with van der Waals surface area (Å²) < 4.78 is 5.91. The first kappa shape index (κ1) is 18.1. The van der Waals surface area contributed by atoms with E-state index >= 15 is 0 Å². The maximum atomic E-state index is 11.0. The van der Waals surface area contributed by atoms with Crippen molar-refractivity contribution in [3.05, 3.63) is 57.3 Å². The second-order valence-corrected chi connectivity index (χ2v) is 8.39. The number of nitro groups is 1. The summed E-state index contributed by atoms with van der Waals surface area (Å²) >= 11 is 1.26. The number of hydrogen-bond acceptors (Lipinski definition) is 6. The zero-order chi connectivity index (χ0) is 18.6. The summed E-state index contributed by atoms with van der Waals surface area (Å²) in [6.07, 6.45) is 6.44. The quantitative estimate of drug-likeness (QED) is 0.403. The molecule has 7 heteroatoms. The molecule has 0 atom stereocenters. The molecule has 0 unspecified atom stereocenters. The van der Waals surface area contributed by atoms with Crippen molar-refractivity contribution in [3.63, 3.8) is 0 Å². The van der Waals surface area contributed by atoms with Crippen molar-refractivity contribution in [1.82, 2.24) is 9.88 Å². The number of fused-ring (bicyclic) bond motifs is 1. The Bertz CT molecular complexity index is 881. The van der Waals surface area contributed by atoms with Crippen molar-refractivity contribution < 1.29 is 9.34 Å². The van der Waals surface area contributed by atoms with Crippen LogP contribution in [0.1, 0.15) is 42.9 Å². The Balaban J connectivity index is 1.51. The predicted octanol–water partition coefficient (Wildman–Crippen LogP) is 5.38. The van der Waals surface area contributed by atoms with Crippen LogP contribution < -0.4 is 0 Å². The fourth-order valence-electron chi connectivity index (χ4n) is 3.87. The van der Waals surface area contributed by atoms with Crippen LogP contribution in [-0.4, -0.2) is 21.4 Å². The summed E-state index contributed by atoms with van der Waals surface area (Å²) in [4.78, 5) is 18.6. The largest absolute Gasteiger partial charge is 0.439 e. The van der Waals surface area contributed by atoms with Crippen LogP contribution in [0.3, 0.4) is 0 Å². The molecule has 0 bridgehead atoms. The maximum absolute atomic E-state index is 11.0. The Hall–Kier alpha value is -2.25. The minimum absolute atomic E-state index is 0.199. The standard InChI is InChI=1S/C20H23N3O3S/c24-23(25)20-11-10-16(27-20)13-22(12-15-6-2-1-3-7-15)14-19-21-17-8-4-5-9-18(17)26-19/h4-5,8-11,15H,1-3,6-7,12-14H2. The van der Waals surface area contributed by atoms with Gasteiger partial charge in [-0.05, 0) is 37.0 Å². The Morgan fingerprint density at radius 2 is 1.96 bits per heavy atom. The van der Waals surface area contributed by atoms with Crippen LogP contribution in [0.2, 0.25) is 0 Å². The van der Waals surface area contributed by atoms with Gasteiger partial charge >= 0.3 is 5.00 Å². The van der Waals surface area contributed by atoms with E-state index in [-0.39, 0.29) is 9.92 Å². The SMILES string of the molecule is O=[N+]([O-])c1ccc(CN(Cc2nc3ccccc3o2)CC2CCCCC2)s1. The molecule has 0 amide bonds. The van der Waals surface area contributed by atoms with Crippen molar-refractivity contribution in [2.45, 2.75) is 45.2 Å². The molecule has 2 heterocycles. The monoisotopic (exact) mass is 385 g/mol. The second-order valence-electron chi connectivity index (χ2n) is 7.25. The topological polar surface area (TPSA) is 72.4 Å². The van der Waals surface area contributed by atoms with Crippen molar-refractivity contribution in [1.29, 1.82) is 0 Å². The van der Waals surface area contributed by atoms with Gasteiger partial charge in [-0.1, -0.05) is 42.7 Å². The van der Waals surface area contributed by atoms with Gasteiger partial charge in [-0.2, -0.15) is 0 Å². The number of thiophene rings is 1. The third kappa shape index (κ3) is 4.54. The average Bonchev–Trinajstić information content (AvgIpc) is 3.29. The maximum Gasteiger partial charge on any atom is 0.324 e. The van der Waals surface area contributed by atoms with Crippen LogP contribution in [-0.2, 0) is 13.1 Å². The van der Waals surface area contributed by atoms with Crippen molar-refractivity contribution in [3.8, 4) is 0 Å². The van der Waals surface area contributed by atoms with Crippen molar-refractivity contribution in [2.24, 2.45) is 5.92 Å². The number of oxazole rings is 1. The van der Waals surface area contributed by atoms with Crippen LogP contribution in [0, 0.1) is 16.0 Å². The molecule has 1 aromatic carbocycles. The first-order chi connectivity index (χ1) is 13.2. The summed E-state index contributed by atoms with van der Waals surface area (Å²) in [6, 6.07) is 11.2. The molecule has 0 spiro atoms. The highest BCUT2D eigenvalue weighted by Crippen LogP contribution is 2.29. The van der Waals surface area contributed by atoms with Gasteiger partial charge in [-0.3, -0.25) is 15.0 Å². The third-order valence-corrected chi connectivity index (χ3v) is 6.17. The van der Waals surface area contributed by atoms with E-state index in [1.807, 2.05) is 30.3 Å². The fraction of sp³-hybridized carbons (Fsp3) is 0.450. The normalized spacial score (nSPS) is 15.6. The number of nitrogens with zero attached hydrogens (tertiary/aromatic N) is 3. The summed E-state index contributed by atoms with van der Waals surface area (Å²) in [5, 5.41) is 11.2. The van der Waals surface area contributed by atoms with E-state index in [1.54, 1.807) is 6.07 Å². The second kappa shape index (κ2) is 8.19. The van der Waals surface area contributed by atoms with Gasteiger partial charge in [0.15, 0.2) is 5.58 Å². The molecule has 1 aliphatic carbocycles. The first-order valence-corrected chi connectivity index (χ1v) is 10.3. The molecule has 1 aliphatic rings. The van der Waals surface area contributed by atoms with E-state index in [9.17, 15) is 10.1 Å². The Labute approximate surface area is 162 Å². The average molecular weight is 385 g/mol. The zero-order valence-corrected chi connectivity index (χ0v) is 16.0. The van der Waals surface area contributed by atoms with Gasteiger partial charge in [-0.15, -0.1) is 0 Å². The summed E-state index contributed by atoms with van der Waals surface area (Å²) in [5.74, 6) is 1.39. The minimum atomic E-state index is -0.319. The molecule has 27 heavy (non-hydrogen) atoms. The summed E-state index contributed by atoms with van der Waals surface area (Å²) in [5.41, 5.74) is 1.67. The lowest BCUT2D eigenvalue weighted by Gasteiger charge is -2.28. The number of benzene rings is 1. The number of para-hydroxylation sites is 2. The lowest BCUT2D eigenvalue weighted by Crippen LogP contribution is -2.29. The van der Waals surface area contributed by atoms with E-state index in [2.05, 4.69) is 9.88 Å². The Morgan fingerprint density at radius 1 is 1.15 bits per heavy atom. The van der Waals surface area contributed by atoms with Gasteiger partial charge in [-0.25, -0.2) is 4.98 Å². The van der Waals surface area contributed by atoms with E-state index in [1.165, 1.54) is 43.4 Å². The molecule has 142 valence electrons. The van der Waals surface area contributed by atoms with Crippen LogP contribution in [0.5, 0.6) is 0 Å². The van der Waals surface area contributed by atoms with Crippen molar-refractivity contribution >= 4 is 27.4 Å². The molecule has 0 saturated heterocycles. The molecular weight excluding hydrogens is 362 g/mol. The Morgan fingerprint density at radius 3 is 2.70 bits per heavy atom. The van der Waals surface area contributed by atoms with Gasteiger partial charge in [0.05, 0.1) is 11.5 Å². The number of rotatable bonds is 7. The highest BCUT2D eigenvalue weighted by Gasteiger charge is 2.21. The lowest BCUT2D eigenvalue weighted by molar-refractivity contribution is -0.380. The molecular formula is C20H23N3O3S. The van der Waals surface area contributed by atoms with Gasteiger partial charge in [0, 0.05) is 24.0 Å². The minimum Gasteiger partial charge on any atom is -0.439 e. The zero-order valence-electron chi connectivity index (χ0n) is 15.2. The molecule has 0 radical (unpaired) electrons.